The van der Waals surface area contributed by atoms with Crippen molar-refractivity contribution in [1.82, 2.24) is 0 Å². The maximum atomic E-state index is 6.01. The van der Waals surface area contributed by atoms with Crippen molar-refractivity contribution in [2.45, 2.75) is 6.61 Å². The van der Waals surface area contributed by atoms with Gasteiger partial charge in [0.05, 0.1) is 0 Å². The Kier molecular flexibility index (Phi) is 4.37. The lowest BCUT2D eigenvalue weighted by Gasteiger charge is -2.12. The van der Waals surface area contributed by atoms with Crippen LogP contribution in [-0.4, -0.2) is 0 Å². The molecule has 0 atom stereocenters. The van der Waals surface area contributed by atoms with Crippen LogP contribution in [0.2, 0.25) is 0 Å². The van der Waals surface area contributed by atoms with Crippen LogP contribution in [0.15, 0.2) is 83.3 Å². The zero-order chi connectivity index (χ0) is 14.5. The Morgan fingerprint density at radius 1 is 0.762 bits per heavy atom. The van der Waals surface area contributed by atoms with Crippen LogP contribution in [0.1, 0.15) is 5.56 Å². The van der Waals surface area contributed by atoms with E-state index in [2.05, 4.69) is 46.3 Å². The Balaban J connectivity index is 1.83. The van der Waals surface area contributed by atoms with Crippen LogP contribution < -0.4 is 4.74 Å². The fourth-order valence-electron chi connectivity index (χ4n) is 2.24. The van der Waals surface area contributed by atoms with Crippen LogP contribution in [0, 0.1) is 0 Å². The van der Waals surface area contributed by atoms with E-state index in [9.17, 15) is 0 Å². The smallest absolute Gasteiger partial charge is 0.127 e. The molecule has 0 aliphatic carbocycles. The standard InChI is InChI=1S/C19H15BrO/c20-17-10-6-7-15(13-17)14-21-19-12-5-4-11-18(19)16-8-2-1-3-9-16/h1-13H,14H2. The average molecular weight is 339 g/mol. The molecule has 3 aromatic rings. The van der Waals surface area contributed by atoms with Gasteiger partial charge >= 0.3 is 0 Å². The van der Waals surface area contributed by atoms with Crippen LogP contribution in [0.4, 0.5) is 0 Å². The van der Waals surface area contributed by atoms with Gasteiger partial charge in [-0.25, -0.2) is 0 Å². The molecule has 0 unspecified atom stereocenters. The number of hydrogen-bond acceptors (Lipinski definition) is 1. The highest BCUT2D eigenvalue weighted by molar-refractivity contribution is 9.10. The minimum Gasteiger partial charge on any atom is -0.488 e. The Hall–Kier alpha value is -2.06. The molecule has 0 heterocycles. The number of halogens is 1. The van der Waals surface area contributed by atoms with Crippen LogP contribution in [0.3, 0.4) is 0 Å². The molecule has 0 spiro atoms. The van der Waals surface area contributed by atoms with Crippen molar-refractivity contribution >= 4 is 15.9 Å². The molecule has 0 aliphatic heterocycles. The largest absolute Gasteiger partial charge is 0.488 e. The van der Waals surface area contributed by atoms with Gasteiger partial charge in [-0.15, -0.1) is 0 Å². The summed E-state index contributed by atoms with van der Waals surface area (Å²) < 4.78 is 7.08. The third kappa shape index (κ3) is 3.53. The van der Waals surface area contributed by atoms with Gasteiger partial charge < -0.3 is 4.74 Å². The van der Waals surface area contributed by atoms with Crippen molar-refractivity contribution in [1.29, 1.82) is 0 Å². The first-order valence-electron chi connectivity index (χ1n) is 6.84. The van der Waals surface area contributed by atoms with Gasteiger partial charge in [0.2, 0.25) is 0 Å². The second-order valence-corrected chi connectivity index (χ2v) is 5.70. The fraction of sp³-hybridized carbons (Fsp3) is 0.0526. The lowest BCUT2D eigenvalue weighted by atomic mass is 10.1. The maximum Gasteiger partial charge on any atom is 0.127 e. The van der Waals surface area contributed by atoms with E-state index in [-0.39, 0.29) is 0 Å². The van der Waals surface area contributed by atoms with Crippen molar-refractivity contribution in [2.24, 2.45) is 0 Å². The number of rotatable bonds is 4. The zero-order valence-corrected chi connectivity index (χ0v) is 13.1. The van der Waals surface area contributed by atoms with E-state index in [1.54, 1.807) is 0 Å². The Bertz CT molecular complexity index is 722. The summed E-state index contributed by atoms with van der Waals surface area (Å²) in [6.07, 6.45) is 0. The third-order valence-corrected chi connectivity index (χ3v) is 3.75. The lowest BCUT2D eigenvalue weighted by Crippen LogP contribution is -1.96. The van der Waals surface area contributed by atoms with E-state index in [0.29, 0.717) is 6.61 Å². The Morgan fingerprint density at radius 2 is 1.52 bits per heavy atom. The predicted molar refractivity (Wildman–Crippen MR) is 90.4 cm³/mol. The van der Waals surface area contributed by atoms with Crippen LogP contribution in [0.5, 0.6) is 5.75 Å². The van der Waals surface area contributed by atoms with Crippen molar-refractivity contribution < 1.29 is 4.74 Å². The van der Waals surface area contributed by atoms with Gasteiger partial charge in [0, 0.05) is 10.0 Å². The fourth-order valence-corrected chi connectivity index (χ4v) is 2.68. The van der Waals surface area contributed by atoms with E-state index in [4.69, 9.17) is 4.74 Å². The molecule has 0 fully saturated rings. The highest BCUT2D eigenvalue weighted by Crippen LogP contribution is 2.30. The van der Waals surface area contributed by atoms with Crippen LogP contribution >= 0.6 is 15.9 Å². The van der Waals surface area contributed by atoms with E-state index in [1.807, 2.05) is 48.5 Å². The topological polar surface area (TPSA) is 9.23 Å². The second-order valence-electron chi connectivity index (χ2n) is 4.78. The summed E-state index contributed by atoms with van der Waals surface area (Å²) in [5.41, 5.74) is 3.43. The molecule has 2 heteroatoms. The summed E-state index contributed by atoms with van der Waals surface area (Å²) in [6, 6.07) is 26.6. The van der Waals surface area contributed by atoms with Crippen molar-refractivity contribution in [3.8, 4) is 16.9 Å². The number of benzene rings is 3. The second kappa shape index (κ2) is 6.59. The van der Waals surface area contributed by atoms with Gasteiger partial charge in [0.25, 0.3) is 0 Å². The van der Waals surface area contributed by atoms with Crippen molar-refractivity contribution in [3.63, 3.8) is 0 Å². The highest BCUT2D eigenvalue weighted by atomic mass is 79.9. The normalized spacial score (nSPS) is 10.3. The summed E-state index contributed by atoms with van der Waals surface area (Å²) in [5, 5.41) is 0. The minimum absolute atomic E-state index is 0.559. The first-order valence-corrected chi connectivity index (χ1v) is 7.64. The lowest BCUT2D eigenvalue weighted by molar-refractivity contribution is 0.307. The predicted octanol–water partition coefficient (Wildman–Crippen LogP) is 5.70. The summed E-state index contributed by atoms with van der Waals surface area (Å²) in [5.74, 6) is 0.906. The van der Waals surface area contributed by atoms with Gasteiger partial charge in [0.15, 0.2) is 0 Å². The van der Waals surface area contributed by atoms with Gasteiger partial charge in [-0.2, -0.15) is 0 Å². The van der Waals surface area contributed by atoms with Gasteiger partial charge in [-0.05, 0) is 29.3 Å². The summed E-state index contributed by atoms with van der Waals surface area (Å²) in [6.45, 7) is 0.559. The molecule has 3 aromatic carbocycles. The highest BCUT2D eigenvalue weighted by Gasteiger charge is 2.05. The molecular formula is C19H15BrO. The number of para-hydroxylation sites is 1. The molecule has 0 aliphatic rings. The van der Waals surface area contributed by atoms with Crippen molar-refractivity contribution in [2.75, 3.05) is 0 Å². The van der Waals surface area contributed by atoms with E-state index in [1.165, 1.54) is 5.56 Å². The monoisotopic (exact) mass is 338 g/mol. The Morgan fingerprint density at radius 3 is 2.33 bits per heavy atom. The van der Waals surface area contributed by atoms with Gasteiger partial charge in [-0.1, -0.05) is 76.6 Å². The summed E-state index contributed by atoms with van der Waals surface area (Å²) >= 11 is 3.48. The molecule has 0 N–H and O–H groups in total. The van der Waals surface area contributed by atoms with Gasteiger partial charge in [-0.3, -0.25) is 0 Å². The quantitative estimate of drug-likeness (QED) is 0.593. The summed E-state index contributed by atoms with van der Waals surface area (Å²) in [4.78, 5) is 0. The number of hydrogen-bond donors (Lipinski definition) is 0. The molecule has 1 nitrogen and oxygen atoms in total. The maximum absolute atomic E-state index is 6.01. The molecule has 0 amide bonds. The summed E-state index contributed by atoms with van der Waals surface area (Å²) in [7, 11) is 0. The van der Waals surface area contributed by atoms with E-state index < -0.39 is 0 Å². The third-order valence-electron chi connectivity index (χ3n) is 3.26. The zero-order valence-electron chi connectivity index (χ0n) is 11.5. The first kappa shape index (κ1) is 13.9. The molecule has 0 saturated heterocycles. The Labute approximate surface area is 133 Å². The average Bonchev–Trinajstić information content (AvgIpc) is 2.54. The molecule has 104 valence electrons. The molecule has 0 saturated carbocycles. The number of ether oxygens (including phenoxy) is 1. The molecule has 21 heavy (non-hydrogen) atoms. The van der Waals surface area contributed by atoms with Crippen LogP contribution in [0.25, 0.3) is 11.1 Å². The molecule has 0 bridgehead atoms. The SMILES string of the molecule is Brc1cccc(COc2ccccc2-c2ccccc2)c1. The minimum atomic E-state index is 0.559. The van der Waals surface area contributed by atoms with E-state index in [0.717, 1.165) is 21.3 Å². The van der Waals surface area contributed by atoms with Crippen LogP contribution in [-0.2, 0) is 6.61 Å². The van der Waals surface area contributed by atoms with Crippen molar-refractivity contribution in [3.05, 3.63) is 88.9 Å². The van der Waals surface area contributed by atoms with Gasteiger partial charge in [0.1, 0.15) is 12.4 Å². The molecular weight excluding hydrogens is 324 g/mol. The molecule has 0 radical (unpaired) electrons. The molecule has 0 aromatic heterocycles. The first-order chi connectivity index (χ1) is 10.3. The van der Waals surface area contributed by atoms with E-state index >= 15 is 0 Å². The molecule has 3 rings (SSSR count).